The molecule has 68 heavy (non-hydrogen) atoms. The van der Waals surface area contributed by atoms with Gasteiger partial charge in [-0.15, -0.1) is 0 Å². The number of aliphatic imine (C=N–C) groups is 1. The van der Waals surface area contributed by atoms with Crippen molar-refractivity contribution in [3.8, 4) is 17.6 Å². The van der Waals surface area contributed by atoms with Gasteiger partial charge in [0.1, 0.15) is 41.6 Å². The quantitative estimate of drug-likeness (QED) is 0.0412. The summed E-state index contributed by atoms with van der Waals surface area (Å²) in [6.45, 7) is 23.0. The highest BCUT2D eigenvalue weighted by molar-refractivity contribution is 7.44. The topological polar surface area (TPSA) is 177 Å². The van der Waals surface area contributed by atoms with Crippen molar-refractivity contribution in [1.82, 2.24) is 25.5 Å². The molecule has 0 aliphatic carbocycles. The molecule has 2 fully saturated rings. The molecule has 3 aromatic carbocycles. The van der Waals surface area contributed by atoms with Crippen molar-refractivity contribution in [3.63, 3.8) is 0 Å². The summed E-state index contributed by atoms with van der Waals surface area (Å²) >= 11 is 0. The molecule has 4 unspecified atom stereocenters. The number of carbonyl (C=O) groups is 2. The van der Waals surface area contributed by atoms with E-state index in [1.54, 1.807) is 34.4 Å². The van der Waals surface area contributed by atoms with Gasteiger partial charge < -0.3 is 48.0 Å². The predicted molar refractivity (Wildman–Crippen MR) is 265 cm³/mol. The molecule has 18 heteroatoms. The first-order valence-electron chi connectivity index (χ1n) is 23.5. The Morgan fingerprint density at radius 3 is 2.00 bits per heavy atom. The number of hydrogen-bond acceptors (Lipinski definition) is 14. The minimum absolute atomic E-state index is 0.00453. The maximum atomic E-state index is 13.7. The smallest absolute Gasteiger partial charge is 0.259 e. The molecule has 370 valence electrons. The van der Waals surface area contributed by atoms with E-state index in [4.69, 9.17) is 37.4 Å². The van der Waals surface area contributed by atoms with E-state index in [9.17, 15) is 14.9 Å². The lowest BCUT2D eigenvalue weighted by molar-refractivity contribution is -0.135. The average molecular weight is 974 g/mol. The first-order chi connectivity index (χ1) is 32.3. The SMILES string of the molecule is COc1ccc(C(OC[C@H]2O[C@@H](N3C=NC4C(=O)NC(NC(=O)C(C)C)NC43)[C@H](OP(OCCC#N)N(C(C)C)C(C)C)[C@@H]2O[Si](C)(C)C(C)(C)C)(c2ccccc2)c2ccc(OC)cc2)cc1. The molecule has 3 aromatic rings. The van der Waals surface area contributed by atoms with Crippen LogP contribution in [0.4, 0.5) is 0 Å². The number of benzene rings is 3. The molecule has 16 nitrogen and oxygen atoms in total. The summed E-state index contributed by atoms with van der Waals surface area (Å²) in [6.07, 6.45) is -3.16. The molecule has 0 saturated carbocycles. The van der Waals surface area contributed by atoms with Crippen LogP contribution < -0.4 is 25.4 Å². The number of nitriles is 1. The van der Waals surface area contributed by atoms with Crippen molar-refractivity contribution in [3.05, 3.63) is 95.6 Å². The summed E-state index contributed by atoms with van der Waals surface area (Å²) in [6, 6.07) is 27.1. The fourth-order valence-corrected chi connectivity index (χ4v) is 11.5. The summed E-state index contributed by atoms with van der Waals surface area (Å²) in [5.41, 5.74) is 1.38. The molecule has 0 bridgehead atoms. The van der Waals surface area contributed by atoms with Gasteiger partial charge in [-0.25, -0.2) is 4.67 Å². The van der Waals surface area contributed by atoms with Crippen molar-refractivity contribution in [2.45, 2.75) is 148 Å². The van der Waals surface area contributed by atoms with Crippen LogP contribution in [0.2, 0.25) is 18.1 Å². The Kier molecular flexibility index (Phi) is 17.5. The van der Waals surface area contributed by atoms with Gasteiger partial charge >= 0.3 is 0 Å². The molecule has 3 N–H and O–H groups in total. The Labute approximate surface area is 405 Å². The van der Waals surface area contributed by atoms with Gasteiger partial charge in [0.2, 0.25) is 5.91 Å². The molecule has 0 aromatic heterocycles. The first kappa shape index (κ1) is 52.9. The summed E-state index contributed by atoms with van der Waals surface area (Å²) in [5.74, 6) is 0.481. The van der Waals surface area contributed by atoms with Gasteiger partial charge in [0, 0.05) is 18.0 Å². The number of fused-ring (bicyclic) bond motifs is 1. The number of nitrogens with zero attached hydrogens (tertiary/aromatic N) is 4. The Morgan fingerprint density at radius 1 is 0.912 bits per heavy atom. The summed E-state index contributed by atoms with van der Waals surface area (Å²) < 4.78 is 49.8. The normalized spacial score (nSPS) is 23.5. The van der Waals surface area contributed by atoms with Gasteiger partial charge in [-0.1, -0.05) is 89.2 Å². The third-order valence-electron chi connectivity index (χ3n) is 13.0. The third kappa shape index (κ3) is 11.6. The van der Waals surface area contributed by atoms with Gasteiger partial charge in [-0.3, -0.25) is 19.9 Å². The van der Waals surface area contributed by atoms with Crippen molar-refractivity contribution in [2.24, 2.45) is 10.9 Å². The standard InChI is InChI=1S/C50H72N7O9PSi/c1-32(2)45(58)54-48-53-44-41(46(59)55-48)52-31-56(44)47-43(65-67(63-29-17-28-51)57(33(3)4)34(5)6)42(66-68(12,13)49(7,8)9)40(64-47)30-62-50(35-18-15-14-16-19-35,36-20-24-38(60-10)25-21-36)37-22-26-39(61-11)27-23-37/h14-16,18-27,31-34,40-44,47-48,53H,17,29-30H2,1-13H3,(H,54,58)(H,55,59)/t40-,41?,42-,43-,44?,47-,48?,67?/m1/s1. The molecule has 8 atom stereocenters. The van der Waals surface area contributed by atoms with Gasteiger partial charge in [0.15, 0.2) is 26.9 Å². The maximum Gasteiger partial charge on any atom is 0.259 e. The highest BCUT2D eigenvalue weighted by Gasteiger charge is 2.58. The molecule has 3 aliphatic rings. The van der Waals surface area contributed by atoms with E-state index in [0.29, 0.717) is 11.5 Å². The van der Waals surface area contributed by atoms with Gasteiger partial charge in [0.25, 0.3) is 14.4 Å². The highest BCUT2D eigenvalue weighted by atomic mass is 31.2. The van der Waals surface area contributed by atoms with Crippen molar-refractivity contribution in [2.75, 3.05) is 27.4 Å². The molecule has 0 radical (unpaired) electrons. The Bertz CT molecular complexity index is 2150. The zero-order valence-corrected chi connectivity index (χ0v) is 43.8. The second-order valence-electron chi connectivity index (χ2n) is 19.7. The molecular weight excluding hydrogens is 902 g/mol. The molecular formula is C50H72N7O9PSi. The summed E-state index contributed by atoms with van der Waals surface area (Å²) in [4.78, 5) is 33.3. The molecule has 0 spiro atoms. The number of amides is 2. The highest BCUT2D eigenvalue weighted by Crippen LogP contribution is 2.52. The van der Waals surface area contributed by atoms with Crippen LogP contribution in [0.3, 0.4) is 0 Å². The van der Waals surface area contributed by atoms with Gasteiger partial charge in [-0.2, -0.15) is 5.26 Å². The number of methoxy groups -OCH3 is 2. The van der Waals surface area contributed by atoms with Crippen LogP contribution in [0.15, 0.2) is 83.9 Å². The van der Waals surface area contributed by atoms with Crippen LogP contribution in [0.5, 0.6) is 11.5 Å². The van der Waals surface area contributed by atoms with Gasteiger partial charge in [0.05, 0.1) is 46.3 Å². The predicted octanol–water partition coefficient (Wildman–Crippen LogP) is 7.60. The van der Waals surface area contributed by atoms with E-state index in [2.05, 4.69) is 100 Å². The van der Waals surface area contributed by atoms with Gasteiger partial charge in [-0.05, 0) is 86.8 Å². The van der Waals surface area contributed by atoms with Crippen LogP contribution >= 0.6 is 8.53 Å². The number of hydrogen-bond donors (Lipinski definition) is 3. The molecule has 2 saturated heterocycles. The summed E-state index contributed by atoms with van der Waals surface area (Å²) in [5, 5.41) is 18.6. The second-order valence-corrected chi connectivity index (χ2v) is 25.9. The minimum atomic E-state index is -2.66. The Morgan fingerprint density at radius 2 is 1.49 bits per heavy atom. The zero-order valence-electron chi connectivity index (χ0n) is 41.9. The maximum absolute atomic E-state index is 13.7. The fraction of sp³-hybridized carbons (Fsp3) is 0.560. The Hall–Kier alpha value is -4.47. The first-order valence-corrected chi connectivity index (χ1v) is 27.5. The van der Waals surface area contributed by atoms with Crippen molar-refractivity contribution >= 4 is 35.0 Å². The second kappa shape index (κ2) is 22.5. The van der Waals surface area contributed by atoms with E-state index in [-0.39, 0.29) is 54.5 Å². The van der Waals surface area contributed by atoms with Crippen molar-refractivity contribution in [1.29, 1.82) is 5.26 Å². The Balaban J connectivity index is 1.52. The number of ether oxygens (including phenoxy) is 4. The van der Waals surface area contributed by atoms with E-state index in [0.717, 1.165) is 16.7 Å². The third-order valence-corrected chi connectivity index (χ3v) is 19.6. The van der Waals surface area contributed by atoms with E-state index in [1.807, 2.05) is 71.6 Å². The van der Waals surface area contributed by atoms with Crippen molar-refractivity contribution < 1.29 is 42.0 Å². The lowest BCUT2D eigenvalue weighted by Crippen LogP contribution is -2.72. The number of carbonyl (C=O) groups excluding carboxylic acids is 2. The van der Waals surface area contributed by atoms with Crippen LogP contribution in [-0.4, -0.2) is 119 Å². The molecule has 6 rings (SSSR count). The van der Waals surface area contributed by atoms with E-state index >= 15 is 0 Å². The van der Waals surface area contributed by atoms with Crippen LogP contribution in [0, 0.1) is 17.2 Å². The van der Waals surface area contributed by atoms with E-state index in [1.165, 1.54) is 0 Å². The fourth-order valence-electron chi connectivity index (χ4n) is 8.44. The van der Waals surface area contributed by atoms with Crippen LogP contribution in [-0.2, 0) is 38.1 Å². The molecule has 3 heterocycles. The lowest BCUT2D eigenvalue weighted by atomic mass is 9.80. The summed E-state index contributed by atoms with van der Waals surface area (Å²) in [7, 11) is -1.23. The average Bonchev–Trinajstić information content (AvgIpc) is 3.87. The molecule has 2 amide bonds. The lowest BCUT2D eigenvalue weighted by Gasteiger charge is -2.44. The monoisotopic (exact) mass is 973 g/mol. The van der Waals surface area contributed by atoms with Crippen LogP contribution in [0.25, 0.3) is 0 Å². The molecule has 3 aliphatic heterocycles. The largest absolute Gasteiger partial charge is 0.497 e. The van der Waals surface area contributed by atoms with E-state index < -0.39 is 65.5 Å². The number of nitrogens with one attached hydrogen (secondary N) is 3. The number of rotatable bonds is 21. The zero-order chi connectivity index (χ0) is 49.6. The minimum Gasteiger partial charge on any atom is -0.497 e. The van der Waals surface area contributed by atoms with Crippen LogP contribution in [0.1, 0.15) is 85.4 Å².